The van der Waals surface area contributed by atoms with Crippen molar-refractivity contribution in [2.24, 2.45) is 0 Å². The first kappa shape index (κ1) is 13.2. The van der Waals surface area contributed by atoms with Gasteiger partial charge in [-0.15, -0.1) is 0 Å². The molecule has 0 radical (unpaired) electrons. The Hall–Kier alpha value is -1.26. The number of carbonyl (C=O) groups is 2. The summed E-state index contributed by atoms with van der Waals surface area (Å²) in [7, 11) is 0. The molecular weight excluding hydrogens is 232 g/mol. The summed E-state index contributed by atoms with van der Waals surface area (Å²) in [4.78, 5) is 27.2. The number of amides is 2. The number of ether oxygens (including phenoxy) is 1. The Balaban J connectivity index is 1.88. The van der Waals surface area contributed by atoms with Crippen LogP contribution in [0.25, 0.3) is 0 Å². The van der Waals surface area contributed by atoms with Crippen LogP contribution in [-0.2, 0) is 9.53 Å². The highest BCUT2D eigenvalue weighted by molar-refractivity contribution is 5.78. The Labute approximate surface area is 108 Å². The van der Waals surface area contributed by atoms with Gasteiger partial charge >= 0.3 is 6.09 Å². The third-order valence-electron chi connectivity index (χ3n) is 3.37. The van der Waals surface area contributed by atoms with Crippen LogP contribution in [0.15, 0.2) is 0 Å². The number of likely N-dealkylation sites (tertiary alicyclic amines) is 2. The van der Waals surface area contributed by atoms with Crippen molar-refractivity contribution in [3.63, 3.8) is 0 Å². The van der Waals surface area contributed by atoms with E-state index in [1.807, 2.05) is 25.7 Å². The van der Waals surface area contributed by atoms with Crippen LogP contribution in [0.3, 0.4) is 0 Å². The molecule has 2 aliphatic heterocycles. The topological polar surface area (TPSA) is 49.9 Å². The monoisotopic (exact) mass is 254 g/mol. The molecule has 0 saturated carbocycles. The summed E-state index contributed by atoms with van der Waals surface area (Å²) in [5.74, 6) is 0.228. The maximum atomic E-state index is 11.9. The van der Waals surface area contributed by atoms with Crippen molar-refractivity contribution in [2.75, 3.05) is 19.6 Å². The zero-order valence-electron chi connectivity index (χ0n) is 11.4. The van der Waals surface area contributed by atoms with Crippen molar-refractivity contribution in [3.8, 4) is 0 Å². The van der Waals surface area contributed by atoms with E-state index in [1.165, 1.54) is 0 Å². The highest BCUT2D eigenvalue weighted by Gasteiger charge is 2.36. The van der Waals surface area contributed by atoms with Crippen LogP contribution in [0.4, 0.5) is 4.79 Å². The van der Waals surface area contributed by atoms with E-state index in [0.717, 1.165) is 19.4 Å². The minimum Gasteiger partial charge on any atom is -0.444 e. The number of rotatable bonds is 1. The fraction of sp³-hybridized carbons (Fsp3) is 0.846. The van der Waals surface area contributed by atoms with Gasteiger partial charge in [0.2, 0.25) is 5.91 Å². The van der Waals surface area contributed by atoms with Gasteiger partial charge in [-0.25, -0.2) is 4.79 Å². The number of nitrogens with zero attached hydrogens (tertiary/aromatic N) is 2. The summed E-state index contributed by atoms with van der Waals surface area (Å²) in [6.45, 7) is 7.73. The molecule has 18 heavy (non-hydrogen) atoms. The third-order valence-corrected chi connectivity index (χ3v) is 3.37. The minimum atomic E-state index is -0.460. The van der Waals surface area contributed by atoms with Crippen molar-refractivity contribution in [3.05, 3.63) is 0 Å². The predicted molar refractivity (Wildman–Crippen MR) is 67.2 cm³/mol. The SMILES string of the molecule is CC(C)(C)OC(=O)N1CC[C@H](N2CCCC2=O)C1. The van der Waals surface area contributed by atoms with Crippen LogP contribution >= 0.6 is 0 Å². The lowest BCUT2D eigenvalue weighted by atomic mass is 10.2. The molecular formula is C13H22N2O3. The first-order valence-electron chi connectivity index (χ1n) is 6.64. The summed E-state index contributed by atoms with van der Waals surface area (Å²) >= 11 is 0. The van der Waals surface area contributed by atoms with E-state index in [4.69, 9.17) is 4.74 Å². The molecule has 102 valence electrons. The van der Waals surface area contributed by atoms with Crippen molar-refractivity contribution < 1.29 is 14.3 Å². The molecule has 0 bridgehead atoms. The Bertz CT molecular complexity index is 349. The van der Waals surface area contributed by atoms with Crippen molar-refractivity contribution in [1.82, 2.24) is 9.80 Å². The molecule has 1 atom stereocenters. The fourth-order valence-corrected chi connectivity index (χ4v) is 2.54. The molecule has 0 unspecified atom stereocenters. The summed E-state index contributed by atoms with van der Waals surface area (Å²) < 4.78 is 5.34. The smallest absolute Gasteiger partial charge is 0.410 e. The van der Waals surface area contributed by atoms with E-state index in [2.05, 4.69) is 0 Å². The van der Waals surface area contributed by atoms with E-state index in [-0.39, 0.29) is 18.0 Å². The first-order chi connectivity index (χ1) is 8.37. The van der Waals surface area contributed by atoms with E-state index in [1.54, 1.807) is 4.90 Å². The second-order valence-corrected chi connectivity index (χ2v) is 6.06. The van der Waals surface area contributed by atoms with Gasteiger partial charge < -0.3 is 14.5 Å². The van der Waals surface area contributed by atoms with E-state index in [0.29, 0.717) is 19.5 Å². The normalized spacial score (nSPS) is 24.8. The summed E-state index contributed by atoms with van der Waals surface area (Å²) in [5.41, 5.74) is -0.460. The Morgan fingerprint density at radius 1 is 1.33 bits per heavy atom. The second kappa shape index (κ2) is 4.78. The van der Waals surface area contributed by atoms with Gasteiger partial charge in [0.05, 0.1) is 6.04 Å². The van der Waals surface area contributed by atoms with Gasteiger partial charge in [-0.2, -0.15) is 0 Å². The lowest BCUT2D eigenvalue weighted by Gasteiger charge is -2.26. The van der Waals surface area contributed by atoms with Gasteiger partial charge in [-0.1, -0.05) is 0 Å². The van der Waals surface area contributed by atoms with Gasteiger partial charge in [0, 0.05) is 26.1 Å². The third kappa shape index (κ3) is 2.94. The van der Waals surface area contributed by atoms with Crippen molar-refractivity contribution >= 4 is 12.0 Å². The second-order valence-electron chi connectivity index (χ2n) is 6.06. The van der Waals surface area contributed by atoms with Gasteiger partial charge in [0.15, 0.2) is 0 Å². The predicted octanol–water partition coefficient (Wildman–Crippen LogP) is 1.62. The fourth-order valence-electron chi connectivity index (χ4n) is 2.54. The number of carbonyl (C=O) groups excluding carboxylic acids is 2. The molecule has 0 spiro atoms. The Morgan fingerprint density at radius 2 is 2.06 bits per heavy atom. The summed E-state index contributed by atoms with van der Waals surface area (Å²) in [6.07, 6.45) is 2.20. The Morgan fingerprint density at radius 3 is 2.61 bits per heavy atom. The molecule has 2 fully saturated rings. The Kier molecular flexibility index (Phi) is 3.50. The van der Waals surface area contributed by atoms with Crippen LogP contribution in [0.2, 0.25) is 0 Å². The summed E-state index contributed by atoms with van der Waals surface area (Å²) in [5, 5.41) is 0. The lowest BCUT2D eigenvalue weighted by molar-refractivity contribution is -0.129. The highest BCUT2D eigenvalue weighted by Crippen LogP contribution is 2.22. The van der Waals surface area contributed by atoms with Crippen LogP contribution in [0, 0.1) is 0 Å². The van der Waals surface area contributed by atoms with Crippen molar-refractivity contribution in [2.45, 2.75) is 51.7 Å². The molecule has 0 aromatic rings. The average molecular weight is 254 g/mol. The molecule has 0 aromatic carbocycles. The maximum Gasteiger partial charge on any atom is 0.410 e. The molecule has 0 N–H and O–H groups in total. The maximum absolute atomic E-state index is 11.9. The largest absolute Gasteiger partial charge is 0.444 e. The molecule has 5 heteroatoms. The molecule has 2 aliphatic rings. The van der Waals surface area contributed by atoms with Crippen LogP contribution in [0.1, 0.15) is 40.0 Å². The van der Waals surface area contributed by atoms with Crippen LogP contribution in [-0.4, -0.2) is 53.1 Å². The molecule has 2 rings (SSSR count). The molecule has 0 aliphatic carbocycles. The number of hydrogen-bond donors (Lipinski definition) is 0. The van der Waals surface area contributed by atoms with Gasteiger partial charge in [0.25, 0.3) is 0 Å². The van der Waals surface area contributed by atoms with E-state index < -0.39 is 5.60 Å². The van der Waals surface area contributed by atoms with Gasteiger partial charge in [-0.3, -0.25) is 4.79 Å². The molecule has 2 saturated heterocycles. The zero-order valence-corrected chi connectivity index (χ0v) is 11.4. The molecule has 2 heterocycles. The van der Waals surface area contributed by atoms with E-state index >= 15 is 0 Å². The van der Waals surface area contributed by atoms with Crippen molar-refractivity contribution in [1.29, 1.82) is 0 Å². The molecule has 0 aromatic heterocycles. The minimum absolute atomic E-state index is 0.188. The summed E-state index contributed by atoms with van der Waals surface area (Å²) in [6, 6.07) is 0.188. The standard InChI is InChI=1S/C13H22N2O3/c1-13(2,3)18-12(17)14-8-6-10(9-14)15-7-4-5-11(15)16/h10H,4-9H2,1-3H3/t10-/m0/s1. The zero-order chi connectivity index (χ0) is 13.3. The molecule has 5 nitrogen and oxygen atoms in total. The average Bonchev–Trinajstić information content (AvgIpc) is 2.82. The van der Waals surface area contributed by atoms with Crippen LogP contribution < -0.4 is 0 Å². The van der Waals surface area contributed by atoms with Crippen LogP contribution in [0.5, 0.6) is 0 Å². The van der Waals surface area contributed by atoms with Gasteiger partial charge in [-0.05, 0) is 33.6 Å². The highest BCUT2D eigenvalue weighted by atomic mass is 16.6. The lowest BCUT2D eigenvalue weighted by Crippen LogP contribution is -2.40. The first-order valence-corrected chi connectivity index (χ1v) is 6.64. The number of hydrogen-bond acceptors (Lipinski definition) is 3. The van der Waals surface area contributed by atoms with E-state index in [9.17, 15) is 9.59 Å². The van der Waals surface area contributed by atoms with Gasteiger partial charge in [0.1, 0.15) is 5.60 Å². The quantitative estimate of drug-likeness (QED) is 0.714. The molecule has 2 amide bonds.